The first kappa shape index (κ1) is 14.1. The SMILES string of the molecule is Nc1ccc(Cl)cc1S(=O)(=O)Nc1ccc2ncsc2c1. The van der Waals surface area contributed by atoms with E-state index in [2.05, 4.69) is 9.71 Å². The monoisotopic (exact) mass is 339 g/mol. The Balaban J connectivity index is 2.00. The van der Waals surface area contributed by atoms with E-state index < -0.39 is 10.0 Å². The maximum Gasteiger partial charge on any atom is 0.263 e. The molecule has 0 saturated heterocycles. The van der Waals surface area contributed by atoms with Gasteiger partial charge >= 0.3 is 0 Å². The van der Waals surface area contributed by atoms with E-state index in [9.17, 15) is 8.42 Å². The van der Waals surface area contributed by atoms with Crippen molar-refractivity contribution in [1.82, 2.24) is 4.98 Å². The van der Waals surface area contributed by atoms with Crippen LogP contribution >= 0.6 is 22.9 Å². The van der Waals surface area contributed by atoms with Crippen molar-refractivity contribution in [3.8, 4) is 0 Å². The summed E-state index contributed by atoms with van der Waals surface area (Å²) in [7, 11) is -3.79. The predicted molar refractivity (Wildman–Crippen MR) is 86.3 cm³/mol. The highest BCUT2D eigenvalue weighted by atomic mass is 35.5. The second-order valence-electron chi connectivity index (χ2n) is 4.32. The molecule has 8 heteroatoms. The van der Waals surface area contributed by atoms with E-state index in [4.69, 9.17) is 17.3 Å². The summed E-state index contributed by atoms with van der Waals surface area (Å²) in [6, 6.07) is 9.46. The Labute approximate surface area is 130 Å². The van der Waals surface area contributed by atoms with Gasteiger partial charge in [-0.25, -0.2) is 13.4 Å². The highest BCUT2D eigenvalue weighted by Crippen LogP contribution is 2.27. The summed E-state index contributed by atoms with van der Waals surface area (Å²) in [4.78, 5) is 4.10. The Morgan fingerprint density at radius 3 is 2.81 bits per heavy atom. The van der Waals surface area contributed by atoms with E-state index in [0.717, 1.165) is 10.2 Å². The van der Waals surface area contributed by atoms with Crippen LogP contribution in [0.15, 0.2) is 46.8 Å². The molecule has 2 aromatic carbocycles. The fraction of sp³-hybridized carbons (Fsp3) is 0. The van der Waals surface area contributed by atoms with Gasteiger partial charge in [-0.15, -0.1) is 11.3 Å². The number of fused-ring (bicyclic) bond motifs is 1. The van der Waals surface area contributed by atoms with Crippen LogP contribution in [0.5, 0.6) is 0 Å². The van der Waals surface area contributed by atoms with E-state index in [-0.39, 0.29) is 10.6 Å². The van der Waals surface area contributed by atoms with Crippen LogP contribution in [0.4, 0.5) is 11.4 Å². The maximum absolute atomic E-state index is 12.4. The summed E-state index contributed by atoms with van der Waals surface area (Å²) in [6.07, 6.45) is 0. The maximum atomic E-state index is 12.4. The molecular weight excluding hydrogens is 330 g/mol. The number of benzene rings is 2. The Hall–Kier alpha value is -1.83. The number of nitrogen functional groups attached to an aromatic ring is 1. The van der Waals surface area contributed by atoms with Crippen LogP contribution < -0.4 is 10.5 Å². The average Bonchev–Trinajstić information content (AvgIpc) is 2.88. The zero-order valence-corrected chi connectivity index (χ0v) is 13.0. The summed E-state index contributed by atoms with van der Waals surface area (Å²) >= 11 is 7.27. The number of rotatable bonds is 3. The summed E-state index contributed by atoms with van der Waals surface area (Å²) in [6.45, 7) is 0. The molecule has 0 bridgehead atoms. The van der Waals surface area contributed by atoms with Gasteiger partial charge in [0.25, 0.3) is 10.0 Å². The topological polar surface area (TPSA) is 85.1 Å². The van der Waals surface area contributed by atoms with Crippen LogP contribution in [0.3, 0.4) is 0 Å². The summed E-state index contributed by atoms with van der Waals surface area (Å²) in [5, 5.41) is 0.308. The second-order valence-corrected chi connectivity index (χ2v) is 7.30. The molecule has 0 atom stereocenters. The molecule has 0 aliphatic rings. The lowest BCUT2D eigenvalue weighted by atomic mass is 10.3. The van der Waals surface area contributed by atoms with Crippen LogP contribution in [0.1, 0.15) is 0 Å². The molecule has 21 heavy (non-hydrogen) atoms. The van der Waals surface area contributed by atoms with E-state index in [1.165, 1.54) is 23.5 Å². The fourth-order valence-corrected chi connectivity index (χ4v) is 4.03. The van der Waals surface area contributed by atoms with Crippen molar-refractivity contribution in [3.63, 3.8) is 0 Å². The number of nitrogens with two attached hydrogens (primary N) is 1. The third-order valence-electron chi connectivity index (χ3n) is 2.85. The number of aromatic nitrogens is 1. The Kier molecular flexibility index (Phi) is 3.48. The highest BCUT2D eigenvalue weighted by molar-refractivity contribution is 7.92. The molecule has 1 aromatic heterocycles. The van der Waals surface area contributed by atoms with Crippen molar-refractivity contribution in [2.45, 2.75) is 4.90 Å². The second kappa shape index (κ2) is 5.18. The van der Waals surface area contributed by atoms with Crippen LogP contribution in [0.25, 0.3) is 10.2 Å². The summed E-state index contributed by atoms with van der Waals surface area (Å²) in [5.74, 6) is 0. The standard InChI is InChI=1S/C13H10ClN3O2S2/c14-8-1-3-10(15)13(5-8)21(18,19)17-9-2-4-11-12(6-9)20-7-16-11/h1-7,17H,15H2. The quantitative estimate of drug-likeness (QED) is 0.717. The molecular formula is C13H10ClN3O2S2. The number of anilines is 2. The van der Waals surface area contributed by atoms with E-state index in [1.54, 1.807) is 29.8 Å². The smallest absolute Gasteiger partial charge is 0.263 e. The minimum atomic E-state index is -3.79. The molecule has 0 radical (unpaired) electrons. The molecule has 5 nitrogen and oxygen atoms in total. The normalized spacial score (nSPS) is 11.7. The zero-order chi connectivity index (χ0) is 15.0. The van der Waals surface area contributed by atoms with Gasteiger partial charge in [-0.05, 0) is 36.4 Å². The molecule has 108 valence electrons. The minimum Gasteiger partial charge on any atom is -0.398 e. The first-order chi connectivity index (χ1) is 9.95. The van der Waals surface area contributed by atoms with Crippen molar-refractivity contribution in [1.29, 1.82) is 0 Å². The lowest BCUT2D eigenvalue weighted by molar-refractivity contribution is 0.601. The van der Waals surface area contributed by atoms with Crippen molar-refractivity contribution in [2.24, 2.45) is 0 Å². The first-order valence-corrected chi connectivity index (χ1v) is 8.61. The van der Waals surface area contributed by atoms with Crippen molar-refractivity contribution in [3.05, 3.63) is 46.9 Å². The molecule has 0 amide bonds. The molecule has 1 heterocycles. The third kappa shape index (κ3) is 2.80. The lowest BCUT2D eigenvalue weighted by Crippen LogP contribution is -2.14. The number of nitrogens with one attached hydrogen (secondary N) is 1. The molecule has 3 rings (SSSR count). The minimum absolute atomic E-state index is 0.0422. The number of hydrogen-bond acceptors (Lipinski definition) is 5. The summed E-state index contributed by atoms with van der Waals surface area (Å²) in [5.41, 5.74) is 8.84. The van der Waals surface area contributed by atoms with Gasteiger partial charge in [0.1, 0.15) is 4.90 Å². The number of sulfonamides is 1. The Morgan fingerprint density at radius 1 is 1.19 bits per heavy atom. The average molecular weight is 340 g/mol. The highest BCUT2D eigenvalue weighted by Gasteiger charge is 2.18. The molecule has 3 aromatic rings. The third-order valence-corrected chi connectivity index (χ3v) is 5.31. The first-order valence-electron chi connectivity index (χ1n) is 5.87. The van der Waals surface area contributed by atoms with Gasteiger partial charge < -0.3 is 5.73 Å². The van der Waals surface area contributed by atoms with Gasteiger partial charge in [0, 0.05) is 5.02 Å². The van der Waals surface area contributed by atoms with Gasteiger partial charge in [0.2, 0.25) is 0 Å². The van der Waals surface area contributed by atoms with E-state index >= 15 is 0 Å². The van der Waals surface area contributed by atoms with Gasteiger partial charge in [-0.2, -0.15) is 0 Å². The Morgan fingerprint density at radius 2 is 2.00 bits per heavy atom. The molecule has 0 spiro atoms. The Bertz CT molecular complexity index is 922. The largest absolute Gasteiger partial charge is 0.398 e. The van der Waals surface area contributed by atoms with Gasteiger partial charge in [-0.1, -0.05) is 11.6 Å². The van der Waals surface area contributed by atoms with Gasteiger partial charge in [-0.3, -0.25) is 4.72 Å². The van der Waals surface area contributed by atoms with Crippen molar-refractivity contribution in [2.75, 3.05) is 10.5 Å². The van der Waals surface area contributed by atoms with Crippen molar-refractivity contribution >= 4 is 54.6 Å². The van der Waals surface area contributed by atoms with Gasteiger partial charge in [0.15, 0.2) is 0 Å². The molecule has 3 N–H and O–H groups in total. The number of thiazole rings is 1. The summed E-state index contributed by atoms with van der Waals surface area (Å²) < 4.78 is 28.2. The van der Waals surface area contributed by atoms with Crippen molar-refractivity contribution < 1.29 is 8.42 Å². The van der Waals surface area contributed by atoms with E-state index in [0.29, 0.717) is 10.7 Å². The number of nitrogens with zero attached hydrogens (tertiary/aromatic N) is 1. The number of halogens is 1. The molecule has 0 aliphatic carbocycles. The van der Waals surface area contributed by atoms with Gasteiger partial charge in [0.05, 0.1) is 27.1 Å². The predicted octanol–water partition coefficient (Wildman–Crippen LogP) is 3.33. The molecule has 0 aliphatic heterocycles. The number of hydrogen-bond donors (Lipinski definition) is 2. The zero-order valence-electron chi connectivity index (χ0n) is 10.6. The van der Waals surface area contributed by atoms with E-state index in [1.807, 2.05) is 0 Å². The van der Waals surface area contributed by atoms with Crippen LogP contribution in [-0.2, 0) is 10.0 Å². The lowest BCUT2D eigenvalue weighted by Gasteiger charge is -2.10. The fourth-order valence-electron chi connectivity index (χ4n) is 1.87. The van der Waals surface area contributed by atoms with Crippen LogP contribution in [0.2, 0.25) is 5.02 Å². The van der Waals surface area contributed by atoms with Crippen LogP contribution in [0, 0.1) is 0 Å². The molecule has 0 unspecified atom stereocenters. The molecule has 0 fully saturated rings. The van der Waals surface area contributed by atoms with Crippen LogP contribution in [-0.4, -0.2) is 13.4 Å². The molecule has 0 saturated carbocycles.